The van der Waals surface area contributed by atoms with Gasteiger partial charge in [0.05, 0.1) is 13.2 Å². The molecule has 2 heterocycles. The van der Waals surface area contributed by atoms with Crippen molar-refractivity contribution in [2.24, 2.45) is 0 Å². The van der Waals surface area contributed by atoms with Crippen molar-refractivity contribution in [1.29, 1.82) is 0 Å². The highest BCUT2D eigenvalue weighted by atomic mass is 19.1. The fourth-order valence-corrected chi connectivity index (χ4v) is 2.54. The Hall–Kier alpha value is -2.02. The lowest BCUT2D eigenvalue weighted by molar-refractivity contribution is -0.0797. The Morgan fingerprint density at radius 3 is 2.82 bits per heavy atom. The smallest absolute Gasteiger partial charge is 0.159 e. The van der Waals surface area contributed by atoms with Crippen LogP contribution in [0.5, 0.6) is 5.75 Å². The van der Waals surface area contributed by atoms with Gasteiger partial charge in [0, 0.05) is 12.0 Å². The fourth-order valence-electron chi connectivity index (χ4n) is 2.54. The van der Waals surface area contributed by atoms with Crippen LogP contribution < -0.4 is 4.74 Å². The number of hydrogen-bond donors (Lipinski definition) is 0. The van der Waals surface area contributed by atoms with Gasteiger partial charge >= 0.3 is 0 Å². The number of aromatic nitrogens is 4. The van der Waals surface area contributed by atoms with Gasteiger partial charge in [-0.1, -0.05) is 6.92 Å². The highest BCUT2D eigenvalue weighted by Crippen LogP contribution is 2.40. The fraction of sp³-hybridized carbons (Fsp3) is 0.533. The van der Waals surface area contributed by atoms with Crippen LogP contribution in [-0.2, 0) is 11.2 Å². The van der Waals surface area contributed by atoms with Crippen LogP contribution in [0.4, 0.5) is 4.39 Å². The third-order valence-corrected chi connectivity index (χ3v) is 4.07. The number of benzene rings is 1. The lowest BCUT2D eigenvalue weighted by Gasteiger charge is -2.28. The highest BCUT2D eigenvalue weighted by molar-refractivity contribution is 5.50. The Balaban J connectivity index is 1.78. The number of hydrogen-bond acceptors (Lipinski definition) is 5. The summed E-state index contributed by atoms with van der Waals surface area (Å²) in [6, 6.07) is 3.22. The van der Waals surface area contributed by atoms with Crippen molar-refractivity contribution in [1.82, 2.24) is 20.2 Å². The minimum absolute atomic E-state index is 0.0357. The zero-order valence-corrected chi connectivity index (χ0v) is 12.3. The summed E-state index contributed by atoms with van der Waals surface area (Å²) in [6.45, 7) is 2.98. The molecule has 1 aromatic carbocycles. The Morgan fingerprint density at radius 1 is 1.36 bits per heavy atom. The van der Waals surface area contributed by atoms with Gasteiger partial charge in [0.25, 0.3) is 0 Å². The van der Waals surface area contributed by atoms with Crippen molar-refractivity contribution in [2.75, 3.05) is 13.2 Å². The molecule has 7 heteroatoms. The van der Waals surface area contributed by atoms with Gasteiger partial charge in [0.1, 0.15) is 23.4 Å². The second kappa shape index (κ2) is 5.31. The van der Waals surface area contributed by atoms with Gasteiger partial charge < -0.3 is 9.47 Å². The van der Waals surface area contributed by atoms with E-state index in [1.807, 2.05) is 6.92 Å². The quantitative estimate of drug-likeness (QED) is 0.845. The molecular formula is C15H17FN4O2. The van der Waals surface area contributed by atoms with Crippen LogP contribution in [0.1, 0.15) is 37.1 Å². The molecule has 116 valence electrons. The van der Waals surface area contributed by atoms with E-state index in [1.165, 1.54) is 6.07 Å². The van der Waals surface area contributed by atoms with Crippen molar-refractivity contribution >= 4 is 0 Å². The van der Waals surface area contributed by atoms with Gasteiger partial charge in [0.2, 0.25) is 0 Å². The van der Waals surface area contributed by atoms with Gasteiger partial charge in [-0.05, 0) is 41.3 Å². The summed E-state index contributed by atoms with van der Waals surface area (Å²) in [5.74, 6) is 1.42. The maximum atomic E-state index is 14.1. The van der Waals surface area contributed by atoms with E-state index in [-0.39, 0.29) is 11.9 Å². The SMILES string of the molecule is CCc1cc(-n2nnnc2C2CC2)c(OC2COC2)cc1F. The normalized spacial score (nSPS) is 18.3. The van der Waals surface area contributed by atoms with Crippen LogP contribution in [0.3, 0.4) is 0 Å². The van der Waals surface area contributed by atoms with E-state index in [0.29, 0.717) is 42.6 Å². The lowest BCUT2D eigenvalue weighted by Crippen LogP contribution is -2.38. The molecule has 2 aromatic rings. The van der Waals surface area contributed by atoms with Crippen LogP contribution in [0, 0.1) is 5.82 Å². The summed E-state index contributed by atoms with van der Waals surface area (Å²) < 4.78 is 26.8. The number of nitrogens with zero attached hydrogens (tertiary/aromatic N) is 4. The molecule has 0 amide bonds. The maximum absolute atomic E-state index is 14.1. The lowest BCUT2D eigenvalue weighted by atomic mass is 10.1. The molecule has 0 N–H and O–H groups in total. The zero-order chi connectivity index (χ0) is 15.1. The predicted octanol–water partition coefficient (Wildman–Crippen LogP) is 2.02. The number of ether oxygens (including phenoxy) is 2. The second-order valence-electron chi connectivity index (χ2n) is 5.77. The van der Waals surface area contributed by atoms with Crippen molar-refractivity contribution in [3.8, 4) is 11.4 Å². The monoisotopic (exact) mass is 304 g/mol. The largest absolute Gasteiger partial charge is 0.483 e. The topological polar surface area (TPSA) is 62.1 Å². The summed E-state index contributed by atoms with van der Waals surface area (Å²) in [6.07, 6.45) is 2.75. The molecule has 0 radical (unpaired) electrons. The van der Waals surface area contributed by atoms with E-state index in [9.17, 15) is 4.39 Å². The minimum atomic E-state index is -0.262. The Morgan fingerprint density at radius 2 is 2.18 bits per heavy atom. The molecule has 2 fully saturated rings. The van der Waals surface area contributed by atoms with Crippen LogP contribution in [-0.4, -0.2) is 39.5 Å². The maximum Gasteiger partial charge on any atom is 0.159 e. The van der Waals surface area contributed by atoms with Gasteiger partial charge in [-0.15, -0.1) is 5.10 Å². The molecule has 0 spiro atoms. The number of rotatable bonds is 5. The highest BCUT2D eigenvalue weighted by Gasteiger charge is 2.31. The first kappa shape index (κ1) is 13.6. The molecule has 1 aliphatic heterocycles. The molecule has 2 aliphatic rings. The molecule has 6 nitrogen and oxygen atoms in total. The summed E-state index contributed by atoms with van der Waals surface area (Å²) in [7, 11) is 0. The molecule has 1 saturated carbocycles. The third kappa shape index (κ3) is 2.35. The van der Waals surface area contributed by atoms with E-state index in [1.54, 1.807) is 10.7 Å². The third-order valence-electron chi connectivity index (χ3n) is 4.07. The first-order valence-corrected chi connectivity index (χ1v) is 7.61. The molecule has 1 aliphatic carbocycles. The molecule has 0 unspecified atom stereocenters. The van der Waals surface area contributed by atoms with Crippen LogP contribution in [0.25, 0.3) is 5.69 Å². The molecular weight excluding hydrogens is 287 g/mol. The Kier molecular flexibility index (Phi) is 3.29. The van der Waals surface area contributed by atoms with Crippen molar-refractivity contribution < 1.29 is 13.9 Å². The van der Waals surface area contributed by atoms with E-state index in [0.717, 1.165) is 18.7 Å². The van der Waals surface area contributed by atoms with Crippen molar-refractivity contribution in [3.63, 3.8) is 0 Å². The average molecular weight is 304 g/mol. The second-order valence-corrected chi connectivity index (χ2v) is 5.77. The van der Waals surface area contributed by atoms with Crippen LogP contribution >= 0.6 is 0 Å². The first-order valence-electron chi connectivity index (χ1n) is 7.61. The van der Waals surface area contributed by atoms with E-state index < -0.39 is 0 Å². The summed E-state index contributed by atoms with van der Waals surface area (Å²) in [5.41, 5.74) is 1.33. The first-order chi connectivity index (χ1) is 10.8. The van der Waals surface area contributed by atoms with E-state index >= 15 is 0 Å². The molecule has 4 rings (SSSR count). The number of aryl methyl sites for hydroxylation is 1. The van der Waals surface area contributed by atoms with Gasteiger partial charge in [-0.25, -0.2) is 4.39 Å². The van der Waals surface area contributed by atoms with Crippen molar-refractivity contribution in [2.45, 2.75) is 38.2 Å². The summed E-state index contributed by atoms with van der Waals surface area (Å²) in [4.78, 5) is 0. The van der Waals surface area contributed by atoms with Crippen molar-refractivity contribution in [3.05, 3.63) is 29.3 Å². The van der Waals surface area contributed by atoms with Gasteiger partial charge in [0.15, 0.2) is 5.82 Å². The van der Waals surface area contributed by atoms with Gasteiger partial charge in [-0.3, -0.25) is 0 Å². The Labute approximate surface area is 127 Å². The van der Waals surface area contributed by atoms with Crippen LogP contribution in [0.2, 0.25) is 0 Å². The summed E-state index contributed by atoms with van der Waals surface area (Å²) >= 11 is 0. The minimum Gasteiger partial charge on any atom is -0.483 e. The predicted molar refractivity (Wildman–Crippen MR) is 75.7 cm³/mol. The molecule has 0 atom stereocenters. The Bertz CT molecular complexity index is 695. The van der Waals surface area contributed by atoms with Crippen LogP contribution in [0.15, 0.2) is 12.1 Å². The van der Waals surface area contributed by atoms with E-state index in [4.69, 9.17) is 9.47 Å². The number of tetrazole rings is 1. The zero-order valence-electron chi connectivity index (χ0n) is 12.3. The van der Waals surface area contributed by atoms with E-state index in [2.05, 4.69) is 15.5 Å². The molecule has 22 heavy (non-hydrogen) atoms. The molecule has 1 saturated heterocycles. The summed E-state index contributed by atoms with van der Waals surface area (Å²) in [5, 5.41) is 12.0. The standard InChI is InChI=1S/C15H17FN4O2/c1-2-9-5-13(20-15(10-3-4-10)17-18-19-20)14(6-12(9)16)22-11-7-21-8-11/h5-6,10-11H,2-4,7-8H2,1H3. The van der Waals surface area contributed by atoms with Gasteiger partial charge in [-0.2, -0.15) is 4.68 Å². The average Bonchev–Trinajstić information content (AvgIpc) is 3.21. The number of halogens is 1. The molecule has 1 aromatic heterocycles. The molecule has 0 bridgehead atoms.